The lowest BCUT2D eigenvalue weighted by atomic mass is 9.99. The highest BCUT2D eigenvalue weighted by molar-refractivity contribution is 5.25. The van der Waals surface area contributed by atoms with Gasteiger partial charge < -0.3 is 5.32 Å². The lowest BCUT2D eigenvalue weighted by molar-refractivity contribution is 0.470. The van der Waals surface area contributed by atoms with Gasteiger partial charge in [-0.2, -0.15) is 5.10 Å². The molecule has 0 aromatic carbocycles. The van der Waals surface area contributed by atoms with Crippen LogP contribution in [0, 0.1) is 25.7 Å². The molecule has 1 rings (SSSR count). The van der Waals surface area contributed by atoms with E-state index in [2.05, 4.69) is 58.5 Å². The van der Waals surface area contributed by atoms with Crippen molar-refractivity contribution in [2.45, 2.75) is 73.9 Å². The Morgan fingerprint density at radius 2 is 1.75 bits per heavy atom. The molecule has 1 aromatic heterocycles. The highest BCUT2D eigenvalue weighted by atomic mass is 15.3. The van der Waals surface area contributed by atoms with Crippen LogP contribution in [0.15, 0.2) is 0 Å². The Balaban J connectivity index is 2.65. The molecule has 1 aromatic rings. The average molecular weight is 279 g/mol. The van der Waals surface area contributed by atoms with Crippen LogP contribution in [0.1, 0.15) is 58.0 Å². The van der Waals surface area contributed by atoms with Crippen molar-refractivity contribution in [3.63, 3.8) is 0 Å². The minimum Gasteiger partial charge on any atom is -0.314 e. The third-order valence-corrected chi connectivity index (χ3v) is 3.88. The fraction of sp³-hybridized carbons (Fsp3) is 0.824. The van der Waals surface area contributed by atoms with Crippen LogP contribution < -0.4 is 5.32 Å². The molecule has 0 fully saturated rings. The standard InChI is InChI=1S/C17H33N3/c1-12(2)8-9-20-16(7)17(15(6)19-20)10-14(5)11-18-13(3)4/h12-14,18H,8-11H2,1-7H3. The first kappa shape index (κ1) is 17.2. The number of hydrogen-bond donors (Lipinski definition) is 1. The molecule has 0 radical (unpaired) electrons. The zero-order valence-electron chi connectivity index (χ0n) is 14.5. The molecular weight excluding hydrogens is 246 g/mol. The summed E-state index contributed by atoms with van der Waals surface area (Å²) in [5.41, 5.74) is 4.02. The van der Waals surface area contributed by atoms with Gasteiger partial charge in [-0.3, -0.25) is 4.68 Å². The van der Waals surface area contributed by atoms with E-state index in [0.717, 1.165) is 25.4 Å². The second-order valence-corrected chi connectivity index (χ2v) is 6.93. The number of nitrogens with one attached hydrogen (secondary N) is 1. The molecule has 1 atom stereocenters. The van der Waals surface area contributed by atoms with Crippen molar-refractivity contribution in [3.05, 3.63) is 17.0 Å². The van der Waals surface area contributed by atoms with Gasteiger partial charge in [0.05, 0.1) is 5.69 Å². The molecule has 1 heterocycles. The predicted octanol–water partition coefficient (Wildman–Crippen LogP) is 3.72. The van der Waals surface area contributed by atoms with Crippen molar-refractivity contribution in [3.8, 4) is 0 Å². The van der Waals surface area contributed by atoms with Crippen LogP contribution in [-0.2, 0) is 13.0 Å². The van der Waals surface area contributed by atoms with Gasteiger partial charge in [-0.1, -0.05) is 34.6 Å². The molecule has 3 heteroatoms. The summed E-state index contributed by atoms with van der Waals surface area (Å²) in [5.74, 6) is 1.38. The van der Waals surface area contributed by atoms with Crippen LogP contribution >= 0.6 is 0 Å². The van der Waals surface area contributed by atoms with Crippen molar-refractivity contribution < 1.29 is 0 Å². The summed E-state index contributed by atoms with van der Waals surface area (Å²) in [6, 6.07) is 0.563. The van der Waals surface area contributed by atoms with Crippen molar-refractivity contribution in [2.24, 2.45) is 11.8 Å². The Hall–Kier alpha value is -0.830. The van der Waals surface area contributed by atoms with Crippen LogP contribution in [0.2, 0.25) is 0 Å². The summed E-state index contributed by atoms with van der Waals surface area (Å²) in [4.78, 5) is 0. The van der Waals surface area contributed by atoms with Crippen molar-refractivity contribution >= 4 is 0 Å². The van der Waals surface area contributed by atoms with Gasteiger partial charge in [-0.15, -0.1) is 0 Å². The predicted molar refractivity (Wildman–Crippen MR) is 87.2 cm³/mol. The molecule has 0 saturated heterocycles. The number of hydrogen-bond acceptors (Lipinski definition) is 2. The van der Waals surface area contributed by atoms with Crippen LogP contribution in [0.4, 0.5) is 0 Å². The van der Waals surface area contributed by atoms with Gasteiger partial charge in [0.15, 0.2) is 0 Å². The molecule has 1 N–H and O–H groups in total. The first-order valence-electron chi connectivity index (χ1n) is 8.07. The van der Waals surface area contributed by atoms with Crippen LogP contribution in [0.25, 0.3) is 0 Å². The van der Waals surface area contributed by atoms with Crippen LogP contribution in [0.5, 0.6) is 0 Å². The Kier molecular flexibility index (Phi) is 6.74. The van der Waals surface area contributed by atoms with E-state index in [4.69, 9.17) is 5.10 Å². The Bertz CT molecular complexity index is 405. The smallest absolute Gasteiger partial charge is 0.0628 e. The monoisotopic (exact) mass is 279 g/mol. The molecule has 0 saturated carbocycles. The third kappa shape index (κ3) is 5.28. The molecule has 0 bridgehead atoms. The molecule has 3 nitrogen and oxygen atoms in total. The lowest BCUT2D eigenvalue weighted by Gasteiger charge is -2.15. The number of aromatic nitrogens is 2. The van der Waals surface area contributed by atoms with Gasteiger partial charge in [-0.25, -0.2) is 0 Å². The third-order valence-electron chi connectivity index (χ3n) is 3.88. The first-order valence-corrected chi connectivity index (χ1v) is 8.07. The minimum absolute atomic E-state index is 0.563. The van der Waals surface area contributed by atoms with Crippen molar-refractivity contribution in [1.29, 1.82) is 0 Å². The Morgan fingerprint density at radius 3 is 2.30 bits per heavy atom. The SMILES string of the molecule is Cc1nn(CCC(C)C)c(C)c1CC(C)CNC(C)C. The normalized spacial score (nSPS) is 13.4. The van der Waals surface area contributed by atoms with E-state index in [-0.39, 0.29) is 0 Å². The van der Waals surface area contributed by atoms with Gasteiger partial charge in [0.25, 0.3) is 0 Å². The van der Waals surface area contributed by atoms with E-state index in [1.165, 1.54) is 23.4 Å². The quantitative estimate of drug-likeness (QED) is 0.786. The summed E-state index contributed by atoms with van der Waals surface area (Å²) >= 11 is 0. The maximum absolute atomic E-state index is 4.73. The van der Waals surface area contributed by atoms with Crippen LogP contribution in [0.3, 0.4) is 0 Å². The summed E-state index contributed by atoms with van der Waals surface area (Å²) in [6.45, 7) is 17.8. The number of rotatable bonds is 8. The highest BCUT2D eigenvalue weighted by Gasteiger charge is 2.14. The molecule has 0 aliphatic heterocycles. The maximum Gasteiger partial charge on any atom is 0.0628 e. The average Bonchev–Trinajstić information content (AvgIpc) is 2.61. The van der Waals surface area contributed by atoms with Gasteiger partial charge in [0, 0.05) is 18.3 Å². The zero-order chi connectivity index (χ0) is 15.3. The number of aryl methyl sites for hydroxylation is 2. The lowest BCUT2D eigenvalue weighted by Crippen LogP contribution is -2.28. The molecule has 20 heavy (non-hydrogen) atoms. The summed E-state index contributed by atoms with van der Waals surface area (Å²) in [7, 11) is 0. The molecule has 0 aliphatic rings. The fourth-order valence-electron chi connectivity index (χ4n) is 2.49. The molecule has 0 aliphatic carbocycles. The topological polar surface area (TPSA) is 29.9 Å². The summed E-state index contributed by atoms with van der Waals surface area (Å²) in [5, 5.41) is 8.25. The van der Waals surface area contributed by atoms with Gasteiger partial charge in [0.2, 0.25) is 0 Å². The van der Waals surface area contributed by atoms with Gasteiger partial charge >= 0.3 is 0 Å². The minimum atomic E-state index is 0.563. The van der Waals surface area contributed by atoms with Gasteiger partial charge in [0.1, 0.15) is 0 Å². The second-order valence-electron chi connectivity index (χ2n) is 6.93. The van der Waals surface area contributed by atoms with E-state index in [1.54, 1.807) is 0 Å². The largest absolute Gasteiger partial charge is 0.314 e. The van der Waals surface area contributed by atoms with Crippen molar-refractivity contribution in [2.75, 3.05) is 6.54 Å². The number of nitrogens with zero attached hydrogens (tertiary/aromatic N) is 2. The van der Waals surface area contributed by atoms with Crippen molar-refractivity contribution in [1.82, 2.24) is 15.1 Å². The molecular formula is C17H33N3. The van der Waals surface area contributed by atoms with E-state index >= 15 is 0 Å². The Morgan fingerprint density at radius 1 is 1.10 bits per heavy atom. The molecule has 0 spiro atoms. The van der Waals surface area contributed by atoms with Crippen LogP contribution in [-0.4, -0.2) is 22.4 Å². The van der Waals surface area contributed by atoms with E-state index < -0.39 is 0 Å². The molecule has 0 amide bonds. The first-order chi connectivity index (χ1) is 9.31. The molecule has 116 valence electrons. The zero-order valence-corrected chi connectivity index (χ0v) is 14.5. The van der Waals surface area contributed by atoms with Gasteiger partial charge in [-0.05, 0) is 50.6 Å². The summed E-state index contributed by atoms with van der Waals surface area (Å²) < 4.78 is 2.20. The summed E-state index contributed by atoms with van der Waals surface area (Å²) in [6.07, 6.45) is 2.32. The van der Waals surface area contributed by atoms with E-state index in [9.17, 15) is 0 Å². The fourth-order valence-corrected chi connectivity index (χ4v) is 2.49. The second kappa shape index (κ2) is 7.82. The van der Waals surface area contributed by atoms with E-state index in [0.29, 0.717) is 12.0 Å². The highest BCUT2D eigenvalue weighted by Crippen LogP contribution is 2.18. The van der Waals surface area contributed by atoms with E-state index in [1.807, 2.05) is 0 Å². The Labute approximate surface area is 125 Å². The molecule has 1 unspecified atom stereocenters. The maximum atomic E-state index is 4.73.